The summed E-state index contributed by atoms with van der Waals surface area (Å²) in [5.74, 6) is 0. The number of nitrogens with zero attached hydrogens (tertiary/aromatic N) is 2. The van der Waals surface area contributed by atoms with Crippen molar-refractivity contribution < 1.29 is 0 Å². The fourth-order valence-electron chi connectivity index (χ4n) is 2.59. The van der Waals surface area contributed by atoms with Crippen LogP contribution in [0, 0.1) is 6.92 Å². The summed E-state index contributed by atoms with van der Waals surface area (Å²) in [4.78, 5) is 6.90. The Balaban J connectivity index is 2.27. The minimum atomic E-state index is 0.284. The van der Waals surface area contributed by atoms with Crippen LogP contribution < -0.4 is 5.73 Å². The molecule has 0 aliphatic carbocycles. The molecule has 1 aromatic heterocycles. The Hall–Kier alpha value is -1.45. The van der Waals surface area contributed by atoms with E-state index in [2.05, 4.69) is 54.2 Å². The van der Waals surface area contributed by atoms with Crippen LogP contribution in [-0.2, 0) is 0 Å². The van der Waals surface area contributed by atoms with E-state index in [1.807, 2.05) is 6.92 Å². The maximum atomic E-state index is 5.99. The van der Waals surface area contributed by atoms with Gasteiger partial charge in [-0.15, -0.1) is 0 Å². The lowest BCUT2D eigenvalue weighted by molar-refractivity contribution is 0.246. The second kappa shape index (κ2) is 6.82. The molecule has 3 heteroatoms. The zero-order chi connectivity index (χ0) is 14.5. The van der Waals surface area contributed by atoms with Crippen LogP contribution in [0.3, 0.4) is 0 Å². The minimum Gasteiger partial charge on any atom is -0.329 e. The van der Waals surface area contributed by atoms with Crippen molar-refractivity contribution in [2.45, 2.75) is 32.7 Å². The summed E-state index contributed by atoms with van der Waals surface area (Å²) in [6.07, 6.45) is 2.42. The van der Waals surface area contributed by atoms with Crippen LogP contribution in [0.1, 0.15) is 37.1 Å². The monoisotopic (exact) mass is 271 g/mol. The largest absolute Gasteiger partial charge is 0.329 e. The maximum absolute atomic E-state index is 5.99. The normalized spacial score (nSPS) is 13.1. The highest BCUT2D eigenvalue weighted by Crippen LogP contribution is 2.23. The Kier molecular flexibility index (Phi) is 5.10. The van der Waals surface area contributed by atoms with Crippen molar-refractivity contribution in [2.75, 3.05) is 20.1 Å². The molecule has 108 valence electrons. The molecular formula is C17H25N3. The molecule has 0 saturated heterocycles. The van der Waals surface area contributed by atoms with Crippen molar-refractivity contribution in [1.29, 1.82) is 0 Å². The van der Waals surface area contributed by atoms with Gasteiger partial charge < -0.3 is 5.73 Å². The van der Waals surface area contributed by atoms with Crippen LogP contribution >= 0.6 is 0 Å². The molecule has 0 radical (unpaired) electrons. The lowest BCUT2D eigenvalue weighted by Crippen LogP contribution is -2.31. The first-order valence-corrected chi connectivity index (χ1v) is 7.43. The Morgan fingerprint density at radius 1 is 1.25 bits per heavy atom. The lowest BCUT2D eigenvalue weighted by Gasteiger charge is -2.27. The molecule has 0 spiro atoms. The molecule has 20 heavy (non-hydrogen) atoms. The number of fused-ring (bicyclic) bond motifs is 1. The smallest absolute Gasteiger partial charge is 0.0705 e. The van der Waals surface area contributed by atoms with Gasteiger partial charge in [-0.05, 0) is 50.7 Å². The molecule has 0 aliphatic rings. The summed E-state index contributed by atoms with van der Waals surface area (Å²) < 4.78 is 0. The van der Waals surface area contributed by atoms with E-state index in [0.29, 0.717) is 6.54 Å². The Labute approximate surface area is 121 Å². The fourth-order valence-corrected chi connectivity index (χ4v) is 2.59. The maximum Gasteiger partial charge on any atom is 0.0705 e. The van der Waals surface area contributed by atoms with Gasteiger partial charge in [-0.1, -0.05) is 25.5 Å². The van der Waals surface area contributed by atoms with E-state index >= 15 is 0 Å². The second-order valence-corrected chi connectivity index (χ2v) is 5.49. The summed E-state index contributed by atoms with van der Waals surface area (Å²) >= 11 is 0. The van der Waals surface area contributed by atoms with Gasteiger partial charge in [-0.25, -0.2) is 0 Å². The fraction of sp³-hybridized carbons (Fsp3) is 0.471. The highest BCUT2D eigenvalue weighted by molar-refractivity contribution is 5.79. The highest BCUT2D eigenvalue weighted by Gasteiger charge is 2.15. The summed E-state index contributed by atoms with van der Waals surface area (Å²) in [6.45, 7) is 5.97. The zero-order valence-electron chi connectivity index (χ0n) is 12.8. The van der Waals surface area contributed by atoms with Crippen LogP contribution in [0.15, 0.2) is 30.3 Å². The molecule has 1 aromatic carbocycles. The summed E-state index contributed by atoms with van der Waals surface area (Å²) in [7, 11) is 2.16. The molecule has 1 unspecified atom stereocenters. The number of nitrogens with two attached hydrogens (primary N) is 1. The number of hydrogen-bond donors (Lipinski definition) is 1. The third kappa shape index (κ3) is 3.35. The van der Waals surface area contributed by atoms with Crippen LogP contribution in [0.25, 0.3) is 10.9 Å². The molecule has 0 saturated carbocycles. The minimum absolute atomic E-state index is 0.284. The average Bonchev–Trinajstić information content (AvgIpc) is 2.46. The van der Waals surface area contributed by atoms with Gasteiger partial charge in [0, 0.05) is 23.7 Å². The lowest BCUT2D eigenvalue weighted by atomic mass is 10.0. The van der Waals surface area contributed by atoms with Crippen molar-refractivity contribution >= 4 is 10.9 Å². The van der Waals surface area contributed by atoms with Gasteiger partial charge >= 0.3 is 0 Å². The molecule has 0 amide bonds. The topological polar surface area (TPSA) is 42.1 Å². The van der Waals surface area contributed by atoms with Gasteiger partial charge in [0.1, 0.15) is 0 Å². The molecule has 0 fully saturated rings. The molecule has 1 heterocycles. The molecule has 0 bridgehead atoms. The predicted octanol–water partition coefficient (Wildman–Crippen LogP) is 3.27. The van der Waals surface area contributed by atoms with Crippen LogP contribution in [0.5, 0.6) is 0 Å². The van der Waals surface area contributed by atoms with Crippen molar-refractivity contribution in [3.8, 4) is 0 Å². The first-order chi connectivity index (χ1) is 9.65. The van der Waals surface area contributed by atoms with Gasteiger partial charge in [0.2, 0.25) is 0 Å². The van der Waals surface area contributed by atoms with Gasteiger partial charge in [-0.3, -0.25) is 9.88 Å². The first kappa shape index (κ1) is 14.9. The Morgan fingerprint density at radius 3 is 2.75 bits per heavy atom. The van der Waals surface area contributed by atoms with E-state index in [1.165, 1.54) is 23.8 Å². The summed E-state index contributed by atoms with van der Waals surface area (Å²) in [5.41, 5.74) is 9.38. The zero-order valence-corrected chi connectivity index (χ0v) is 12.8. The number of rotatable bonds is 6. The molecule has 2 rings (SSSR count). The van der Waals surface area contributed by atoms with E-state index in [4.69, 9.17) is 5.73 Å². The van der Waals surface area contributed by atoms with Gasteiger partial charge in [0.25, 0.3) is 0 Å². The SMILES string of the molecule is CCCCN(C)C(CN)c1ccc2nc(C)ccc2c1. The predicted molar refractivity (Wildman–Crippen MR) is 85.8 cm³/mol. The quantitative estimate of drug-likeness (QED) is 0.876. The number of hydrogen-bond acceptors (Lipinski definition) is 3. The Bertz CT molecular complexity index is 565. The van der Waals surface area contributed by atoms with E-state index < -0.39 is 0 Å². The third-order valence-electron chi connectivity index (χ3n) is 3.86. The van der Waals surface area contributed by atoms with Gasteiger partial charge in [0.05, 0.1) is 5.52 Å². The molecule has 3 nitrogen and oxygen atoms in total. The number of aromatic nitrogens is 1. The third-order valence-corrected chi connectivity index (χ3v) is 3.86. The Morgan fingerprint density at radius 2 is 2.05 bits per heavy atom. The molecule has 0 aliphatic heterocycles. The van der Waals surface area contributed by atoms with Crippen LogP contribution in [0.2, 0.25) is 0 Å². The van der Waals surface area contributed by atoms with Crippen molar-refractivity contribution in [2.24, 2.45) is 5.73 Å². The van der Waals surface area contributed by atoms with E-state index in [0.717, 1.165) is 17.8 Å². The van der Waals surface area contributed by atoms with Crippen molar-refractivity contribution in [3.63, 3.8) is 0 Å². The molecular weight excluding hydrogens is 246 g/mol. The molecule has 1 atom stereocenters. The first-order valence-electron chi connectivity index (χ1n) is 7.43. The van der Waals surface area contributed by atoms with Crippen molar-refractivity contribution in [3.05, 3.63) is 41.6 Å². The van der Waals surface area contributed by atoms with Gasteiger partial charge in [0.15, 0.2) is 0 Å². The van der Waals surface area contributed by atoms with Crippen molar-refractivity contribution in [1.82, 2.24) is 9.88 Å². The molecule has 2 aromatic rings. The highest BCUT2D eigenvalue weighted by atomic mass is 15.1. The number of aryl methyl sites for hydroxylation is 1. The summed E-state index contributed by atoms with van der Waals surface area (Å²) in [6, 6.07) is 11.0. The number of benzene rings is 1. The van der Waals surface area contributed by atoms with Crippen LogP contribution in [-0.4, -0.2) is 30.0 Å². The number of likely N-dealkylation sites (N-methyl/N-ethyl adjacent to an activating group) is 1. The number of unbranched alkanes of at least 4 members (excludes halogenated alkanes) is 1. The van der Waals surface area contributed by atoms with E-state index in [9.17, 15) is 0 Å². The van der Waals surface area contributed by atoms with E-state index in [1.54, 1.807) is 0 Å². The number of pyridine rings is 1. The standard InChI is InChI=1S/C17H25N3/c1-4-5-10-20(3)17(12-18)15-8-9-16-14(11-15)7-6-13(2)19-16/h6-9,11,17H,4-5,10,12,18H2,1-3H3. The average molecular weight is 271 g/mol. The second-order valence-electron chi connectivity index (χ2n) is 5.49. The van der Waals surface area contributed by atoms with Gasteiger partial charge in [-0.2, -0.15) is 0 Å². The molecule has 2 N–H and O–H groups in total. The van der Waals surface area contributed by atoms with E-state index in [-0.39, 0.29) is 6.04 Å². The van der Waals surface area contributed by atoms with Crippen LogP contribution in [0.4, 0.5) is 0 Å². The summed E-state index contributed by atoms with van der Waals surface area (Å²) in [5, 5.41) is 1.19.